The predicted octanol–water partition coefficient (Wildman–Crippen LogP) is 7.15. The Kier molecular flexibility index (Phi) is 11.3. The number of aromatic hydroxyl groups is 1. The van der Waals surface area contributed by atoms with Crippen LogP contribution in [0.15, 0.2) is 90.3 Å². The topological polar surface area (TPSA) is 106 Å². The van der Waals surface area contributed by atoms with Crippen molar-refractivity contribution in [1.29, 1.82) is 0 Å². The molecule has 4 aliphatic rings. The number of aliphatic hydroxyl groups is 1. The number of rotatable bonds is 5. The first kappa shape index (κ1) is 37.4. The van der Waals surface area contributed by atoms with Crippen molar-refractivity contribution in [2.45, 2.75) is 88.7 Å². The summed E-state index contributed by atoms with van der Waals surface area (Å²) in [5, 5.41) is 31.6. The maximum absolute atomic E-state index is 11.3. The number of ether oxygens (including phenoxy) is 4. The Hall–Kier alpha value is -4.56. The van der Waals surface area contributed by atoms with Crippen LogP contribution >= 0.6 is 0 Å². The van der Waals surface area contributed by atoms with Crippen molar-refractivity contribution < 1.29 is 29.2 Å². The molecule has 288 valence electrons. The molecule has 4 aromatic rings. The summed E-state index contributed by atoms with van der Waals surface area (Å²) in [6.07, 6.45) is 11.9. The van der Waals surface area contributed by atoms with Gasteiger partial charge in [-0.2, -0.15) is 0 Å². The smallest absolute Gasteiger partial charge is 0.161 e. The zero-order valence-electron chi connectivity index (χ0n) is 32.0. The quantitative estimate of drug-likeness (QED) is 0.126. The maximum Gasteiger partial charge on any atom is 0.161 e. The first-order chi connectivity index (χ1) is 26.9. The van der Waals surface area contributed by atoms with Crippen LogP contribution in [0, 0.1) is 17.8 Å². The van der Waals surface area contributed by atoms with Gasteiger partial charge in [0, 0.05) is 66.0 Å². The van der Waals surface area contributed by atoms with Crippen LogP contribution < -0.4 is 15.4 Å². The minimum Gasteiger partial charge on any atom is -0.504 e. The Morgan fingerprint density at radius 1 is 1.00 bits per heavy atom. The van der Waals surface area contributed by atoms with E-state index in [-0.39, 0.29) is 36.0 Å². The van der Waals surface area contributed by atoms with E-state index in [1.54, 1.807) is 13.2 Å². The zero-order chi connectivity index (χ0) is 37.8. The second kappa shape index (κ2) is 16.7. The molecule has 1 aromatic heterocycles. The number of fused-ring (bicyclic) bond motifs is 6. The lowest BCUT2D eigenvalue weighted by Gasteiger charge is -2.39. The predicted molar refractivity (Wildman–Crippen MR) is 214 cm³/mol. The molecular weight excluding hydrogens is 691 g/mol. The summed E-state index contributed by atoms with van der Waals surface area (Å²) in [6.45, 7) is 4.52. The molecule has 0 saturated carbocycles. The van der Waals surface area contributed by atoms with Gasteiger partial charge in [-0.3, -0.25) is 5.32 Å². The van der Waals surface area contributed by atoms with Gasteiger partial charge in [0.05, 0.1) is 25.5 Å². The molecule has 9 nitrogen and oxygen atoms in total. The second-order valence-corrected chi connectivity index (χ2v) is 15.6. The highest BCUT2D eigenvalue weighted by molar-refractivity contribution is 5.88. The number of nitrogens with zero attached hydrogens (tertiary/aromatic N) is 1. The number of nitrogens with one attached hydrogen (secondary N) is 2. The van der Waals surface area contributed by atoms with E-state index in [1.165, 1.54) is 11.1 Å². The average molecular weight is 744 g/mol. The summed E-state index contributed by atoms with van der Waals surface area (Å²) in [6, 6.07) is 21.0. The fraction of sp³-hybridized carbons (Fsp3) is 0.435. The van der Waals surface area contributed by atoms with Crippen molar-refractivity contribution in [3.8, 4) is 23.3 Å². The molecule has 6 bridgehead atoms. The molecule has 4 unspecified atom stereocenters. The standard InChI is InChI=1S/C46H53N3O6/c1-31-7-6-10-39-25-38(50)15-12-32-13-16-42(51)43(21-32)55-28-35-23-37(46(17-19-53-20-18-46)36-8-4-3-5-9-36)22-34-26-49(27-40(34)35)45-41(29-54-39)33(14-11-31)24-44(48-45)47-30-52-2/h3-5,8-9,13,16,21-24,26-27,31,38-39,44,47-48,50-51H,6-7,10,12,15,17-20,25,28-30H2,1-2H3. The number of aryl methyl sites for hydroxylation is 1. The molecule has 4 N–H and O–H groups in total. The fourth-order valence-corrected chi connectivity index (χ4v) is 8.66. The van der Waals surface area contributed by atoms with E-state index in [1.807, 2.05) is 12.1 Å². The monoisotopic (exact) mass is 743 g/mol. The molecule has 0 aliphatic carbocycles. The van der Waals surface area contributed by atoms with Gasteiger partial charge >= 0.3 is 0 Å². The van der Waals surface area contributed by atoms with E-state index in [0.717, 1.165) is 71.0 Å². The van der Waals surface area contributed by atoms with Crippen molar-refractivity contribution in [2.24, 2.45) is 5.92 Å². The van der Waals surface area contributed by atoms with Gasteiger partial charge in [0.25, 0.3) is 0 Å². The maximum atomic E-state index is 11.3. The lowest BCUT2D eigenvalue weighted by Crippen LogP contribution is -2.44. The van der Waals surface area contributed by atoms with E-state index in [2.05, 4.69) is 94.9 Å². The lowest BCUT2D eigenvalue weighted by atomic mass is 9.68. The molecule has 5 heterocycles. The van der Waals surface area contributed by atoms with Gasteiger partial charge in [-0.25, -0.2) is 0 Å². The average Bonchev–Trinajstić information content (AvgIpc) is 3.64. The van der Waals surface area contributed by atoms with Crippen molar-refractivity contribution in [2.75, 3.05) is 33.7 Å². The Morgan fingerprint density at radius 3 is 2.69 bits per heavy atom. The second-order valence-electron chi connectivity index (χ2n) is 15.6. The Balaban J connectivity index is 1.32. The molecule has 1 saturated heterocycles. The Morgan fingerprint density at radius 2 is 1.85 bits per heavy atom. The number of hydrogen-bond donors (Lipinski definition) is 4. The summed E-state index contributed by atoms with van der Waals surface area (Å²) < 4.78 is 26.8. The lowest BCUT2D eigenvalue weighted by molar-refractivity contribution is 0.0167. The van der Waals surface area contributed by atoms with Crippen LogP contribution in [-0.4, -0.2) is 66.8 Å². The highest BCUT2D eigenvalue weighted by Gasteiger charge is 2.37. The molecule has 4 atom stereocenters. The number of dihydropyridines is 1. The molecule has 0 amide bonds. The third kappa shape index (κ3) is 8.21. The Bertz CT molecular complexity index is 2100. The fourth-order valence-electron chi connectivity index (χ4n) is 8.66. The zero-order valence-corrected chi connectivity index (χ0v) is 32.0. The highest BCUT2D eigenvalue weighted by Crippen LogP contribution is 2.44. The number of aromatic nitrogens is 1. The third-order valence-corrected chi connectivity index (χ3v) is 11.8. The van der Waals surface area contributed by atoms with Crippen LogP contribution in [0.25, 0.3) is 16.6 Å². The van der Waals surface area contributed by atoms with Crippen LogP contribution in [0.4, 0.5) is 0 Å². The normalized spacial score (nSPS) is 24.4. The molecule has 55 heavy (non-hydrogen) atoms. The Labute approximate surface area is 324 Å². The van der Waals surface area contributed by atoms with Crippen molar-refractivity contribution in [3.05, 3.63) is 113 Å². The summed E-state index contributed by atoms with van der Waals surface area (Å²) >= 11 is 0. The summed E-state index contributed by atoms with van der Waals surface area (Å²) in [7, 11) is 1.68. The van der Waals surface area contributed by atoms with E-state index in [0.29, 0.717) is 51.6 Å². The van der Waals surface area contributed by atoms with Crippen molar-refractivity contribution in [1.82, 2.24) is 15.2 Å². The molecule has 3 aromatic carbocycles. The molecule has 0 spiro atoms. The molecular formula is C46H53N3O6. The summed E-state index contributed by atoms with van der Waals surface area (Å²) in [5.41, 5.74) is 6.19. The first-order valence-corrected chi connectivity index (χ1v) is 19.9. The van der Waals surface area contributed by atoms with Crippen molar-refractivity contribution >= 4 is 16.6 Å². The van der Waals surface area contributed by atoms with E-state index >= 15 is 0 Å². The largest absolute Gasteiger partial charge is 0.504 e. The molecule has 8 rings (SSSR count). The third-order valence-electron chi connectivity index (χ3n) is 11.8. The number of benzene rings is 3. The van der Waals surface area contributed by atoms with Gasteiger partial charge in [0.2, 0.25) is 0 Å². The van der Waals surface area contributed by atoms with Gasteiger partial charge in [-0.1, -0.05) is 61.2 Å². The van der Waals surface area contributed by atoms with Crippen molar-refractivity contribution in [3.63, 3.8) is 0 Å². The van der Waals surface area contributed by atoms with Crippen LogP contribution in [0.3, 0.4) is 0 Å². The molecule has 0 radical (unpaired) electrons. The van der Waals surface area contributed by atoms with E-state index in [9.17, 15) is 10.2 Å². The minimum atomic E-state index is -0.541. The summed E-state index contributed by atoms with van der Waals surface area (Å²) in [5.74, 6) is 8.72. The number of hydrogen-bond acceptors (Lipinski definition) is 8. The van der Waals surface area contributed by atoms with Gasteiger partial charge < -0.3 is 39.0 Å². The SMILES string of the molecule is COCNC1C=C2C#CC(C)CCCC3CC(O)CCc4ccc(O)c(c4)OCc4cc(C5(c6ccccc6)CCOCC5)cc5cn(cc45)C(=C2CO3)N1. The van der Waals surface area contributed by atoms with Crippen LogP contribution in [0.1, 0.15) is 74.1 Å². The summed E-state index contributed by atoms with van der Waals surface area (Å²) in [4.78, 5) is 0. The van der Waals surface area contributed by atoms with Gasteiger partial charge in [-0.15, -0.1) is 0 Å². The molecule has 9 heteroatoms. The first-order valence-electron chi connectivity index (χ1n) is 19.9. The van der Waals surface area contributed by atoms with E-state index < -0.39 is 6.10 Å². The van der Waals surface area contributed by atoms with Crippen LogP contribution in [-0.2, 0) is 32.7 Å². The molecule has 4 aliphatic heterocycles. The van der Waals surface area contributed by atoms with Crippen LogP contribution in [0.2, 0.25) is 0 Å². The highest BCUT2D eigenvalue weighted by atomic mass is 16.5. The number of phenols is 1. The van der Waals surface area contributed by atoms with Gasteiger partial charge in [-0.05, 0) is 97.9 Å². The van der Waals surface area contributed by atoms with E-state index in [4.69, 9.17) is 18.9 Å². The minimum absolute atomic E-state index is 0.0956. The van der Waals surface area contributed by atoms with Gasteiger partial charge in [0.1, 0.15) is 18.6 Å². The molecule has 1 fully saturated rings. The van der Waals surface area contributed by atoms with Crippen LogP contribution in [0.5, 0.6) is 11.5 Å². The van der Waals surface area contributed by atoms with Gasteiger partial charge in [0.15, 0.2) is 11.5 Å². The number of methoxy groups -OCH3 is 1. The number of phenolic OH excluding ortho intramolecular Hbond substituents is 1. The number of aliphatic hydroxyl groups excluding tert-OH is 1.